The highest BCUT2D eigenvalue weighted by Gasteiger charge is 2.18. The number of para-hydroxylation sites is 1. The highest BCUT2D eigenvalue weighted by Crippen LogP contribution is 2.30. The second kappa shape index (κ2) is 8.72. The van der Waals surface area contributed by atoms with Gasteiger partial charge in [-0.1, -0.05) is 40.2 Å². The van der Waals surface area contributed by atoms with Crippen molar-refractivity contribution >= 4 is 65.2 Å². The van der Waals surface area contributed by atoms with Crippen LogP contribution in [0.5, 0.6) is 0 Å². The summed E-state index contributed by atoms with van der Waals surface area (Å²) >= 11 is 3.36. The molecule has 0 aliphatic carbocycles. The van der Waals surface area contributed by atoms with Crippen LogP contribution in [0.3, 0.4) is 0 Å². The van der Waals surface area contributed by atoms with E-state index in [4.69, 9.17) is 4.42 Å². The van der Waals surface area contributed by atoms with E-state index < -0.39 is 10.0 Å². The first-order chi connectivity index (χ1) is 14.8. The van der Waals surface area contributed by atoms with E-state index in [2.05, 4.69) is 21.2 Å². The first-order valence-corrected chi connectivity index (χ1v) is 12.4. The number of fused-ring (bicyclic) bond motifs is 3. The van der Waals surface area contributed by atoms with Gasteiger partial charge >= 0.3 is 0 Å². The molecule has 0 fully saturated rings. The summed E-state index contributed by atoms with van der Waals surface area (Å²) in [5, 5.41) is 4.89. The number of furan rings is 1. The van der Waals surface area contributed by atoms with E-state index in [0.717, 1.165) is 27.1 Å². The van der Waals surface area contributed by atoms with E-state index in [9.17, 15) is 13.2 Å². The quantitative estimate of drug-likeness (QED) is 0.361. The molecule has 0 aliphatic heterocycles. The van der Waals surface area contributed by atoms with Crippen LogP contribution in [-0.2, 0) is 14.8 Å². The Morgan fingerprint density at radius 2 is 1.77 bits per heavy atom. The van der Waals surface area contributed by atoms with Gasteiger partial charge in [0.2, 0.25) is 15.9 Å². The Hall–Kier alpha value is -2.84. The molecule has 1 N–H and O–H groups in total. The number of amides is 1. The second-order valence-electron chi connectivity index (χ2n) is 7.28. The molecule has 0 spiro atoms. The van der Waals surface area contributed by atoms with Gasteiger partial charge in [-0.15, -0.1) is 0 Å². The summed E-state index contributed by atoms with van der Waals surface area (Å²) in [6.45, 7) is 0.214. The molecule has 1 heterocycles. The van der Waals surface area contributed by atoms with Crippen molar-refractivity contribution in [2.24, 2.45) is 0 Å². The van der Waals surface area contributed by atoms with Gasteiger partial charge in [0.1, 0.15) is 11.2 Å². The molecule has 0 aliphatic rings. The Bertz CT molecular complexity index is 1360. The van der Waals surface area contributed by atoms with Gasteiger partial charge in [-0.2, -0.15) is 0 Å². The third-order valence-electron chi connectivity index (χ3n) is 4.92. The summed E-state index contributed by atoms with van der Waals surface area (Å²) in [5.41, 5.74) is 2.71. The molecule has 1 aromatic heterocycles. The van der Waals surface area contributed by atoms with Crippen LogP contribution in [0.25, 0.3) is 21.9 Å². The van der Waals surface area contributed by atoms with Crippen molar-refractivity contribution in [3.8, 4) is 0 Å². The molecule has 0 radical (unpaired) electrons. The van der Waals surface area contributed by atoms with Crippen molar-refractivity contribution in [1.29, 1.82) is 0 Å². The van der Waals surface area contributed by atoms with Gasteiger partial charge in [-0.3, -0.25) is 9.10 Å². The van der Waals surface area contributed by atoms with Crippen LogP contribution in [0.15, 0.2) is 75.6 Å². The lowest BCUT2D eigenvalue weighted by atomic mass is 10.1. The maximum atomic E-state index is 12.4. The molecule has 0 atom stereocenters. The number of hydrogen-bond donors (Lipinski definition) is 1. The predicted octanol–water partition coefficient (Wildman–Crippen LogP) is 5.53. The molecule has 4 rings (SSSR count). The molecular weight excluding hydrogens is 480 g/mol. The summed E-state index contributed by atoms with van der Waals surface area (Å²) in [7, 11) is -3.46. The van der Waals surface area contributed by atoms with Crippen LogP contribution in [-0.4, -0.2) is 27.1 Å². The Kier molecular flexibility index (Phi) is 6.02. The standard InChI is InChI=1S/C23H21BrN2O4S/c1-31(28,29)26(18-7-4-6-16(24)14-18)13-5-10-23(27)25-17-11-12-20-19-8-2-3-9-21(19)30-22(20)15-17/h2-4,6-9,11-12,14-15H,5,10,13H2,1H3,(H,25,27). The Balaban J connectivity index is 1.41. The van der Waals surface area contributed by atoms with Crippen molar-refractivity contribution in [2.75, 3.05) is 22.4 Å². The molecular formula is C23H21BrN2O4S. The van der Waals surface area contributed by atoms with Crippen LogP contribution < -0.4 is 9.62 Å². The second-order valence-corrected chi connectivity index (χ2v) is 10.1. The lowest BCUT2D eigenvalue weighted by Crippen LogP contribution is -2.31. The number of rotatable bonds is 7. The minimum Gasteiger partial charge on any atom is -0.456 e. The molecule has 1 amide bonds. The maximum Gasteiger partial charge on any atom is 0.232 e. The van der Waals surface area contributed by atoms with Crippen LogP contribution in [0, 0.1) is 0 Å². The number of carbonyl (C=O) groups is 1. The van der Waals surface area contributed by atoms with Gasteiger partial charge in [0.05, 0.1) is 11.9 Å². The fourth-order valence-electron chi connectivity index (χ4n) is 3.53. The lowest BCUT2D eigenvalue weighted by Gasteiger charge is -2.22. The average Bonchev–Trinajstić information content (AvgIpc) is 3.08. The highest BCUT2D eigenvalue weighted by atomic mass is 79.9. The number of benzene rings is 3. The Morgan fingerprint density at radius 1 is 1.00 bits per heavy atom. The van der Waals surface area contributed by atoms with Gasteiger partial charge in [0.15, 0.2) is 0 Å². The number of sulfonamides is 1. The zero-order valence-electron chi connectivity index (χ0n) is 16.8. The number of carbonyl (C=O) groups excluding carboxylic acids is 1. The number of nitrogens with one attached hydrogen (secondary N) is 1. The minimum atomic E-state index is -3.46. The van der Waals surface area contributed by atoms with Crippen molar-refractivity contribution in [3.05, 3.63) is 71.2 Å². The molecule has 0 saturated carbocycles. The fraction of sp³-hybridized carbons (Fsp3) is 0.174. The van der Waals surface area contributed by atoms with Crippen LogP contribution in [0.2, 0.25) is 0 Å². The van der Waals surface area contributed by atoms with Crippen molar-refractivity contribution in [3.63, 3.8) is 0 Å². The van der Waals surface area contributed by atoms with E-state index in [0.29, 0.717) is 23.4 Å². The van der Waals surface area contributed by atoms with E-state index in [1.165, 1.54) is 4.31 Å². The third-order valence-corrected chi connectivity index (χ3v) is 6.61. The van der Waals surface area contributed by atoms with E-state index in [1.54, 1.807) is 24.3 Å². The van der Waals surface area contributed by atoms with Crippen LogP contribution in [0.1, 0.15) is 12.8 Å². The lowest BCUT2D eigenvalue weighted by molar-refractivity contribution is -0.116. The molecule has 0 bridgehead atoms. The summed E-state index contributed by atoms with van der Waals surface area (Å²) in [6, 6.07) is 20.4. The largest absolute Gasteiger partial charge is 0.456 e. The van der Waals surface area contributed by atoms with Crippen LogP contribution in [0.4, 0.5) is 11.4 Å². The first kappa shape index (κ1) is 21.4. The van der Waals surface area contributed by atoms with Crippen LogP contribution >= 0.6 is 15.9 Å². The minimum absolute atomic E-state index is 0.182. The molecule has 160 valence electrons. The molecule has 6 nitrogen and oxygen atoms in total. The Morgan fingerprint density at radius 3 is 2.55 bits per heavy atom. The van der Waals surface area contributed by atoms with Gasteiger partial charge in [0, 0.05) is 40.0 Å². The molecule has 3 aromatic carbocycles. The normalized spacial score (nSPS) is 11.7. The summed E-state index contributed by atoms with van der Waals surface area (Å²) < 4.78 is 32.4. The van der Waals surface area contributed by atoms with Crippen molar-refractivity contribution in [1.82, 2.24) is 0 Å². The van der Waals surface area contributed by atoms with E-state index in [1.807, 2.05) is 42.5 Å². The van der Waals surface area contributed by atoms with Crippen molar-refractivity contribution in [2.45, 2.75) is 12.8 Å². The van der Waals surface area contributed by atoms with Gasteiger partial charge in [-0.05, 0) is 42.8 Å². The zero-order chi connectivity index (χ0) is 22.0. The number of anilines is 2. The third kappa shape index (κ3) is 4.91. The molecule has 0 saturated heterocycles. The molecule has 4 aromatic rings. The van der Waals surface area contributed by atoms with Gasteiger partial charge in [0.25, 0.3) is 0 Å². The summed E-state index contributed by atoms with van der Waals surface area (Å²) in [6.07, 6.45) is 1.74. The molecule has 0 unspecified atom stereocenters. The highest BCUT2D eigenvalue weighted by molar-refractivity contribution is 9.10. The summed E-state index contributed by atoms with van der Waals surface area (Å²) in [5.74, 6) is -0.182. The maximum absolute atomic E-state index is 12.4. The van der Waals surface area contributed by atoms with Gasteiger partial charge < -0.3 is 9.73 Å². The van der Waals surface area contributed by atoms with E-state index >= 15 is 0 Å². The number of nitrogens with zero attached hydrogens (tertiary/aromatic N) is 1. The monoisotopic (exact) mass is 500 g/mol. The molecule has 31 heavy (non-hydrogen) atoms. The van der Waals surface area contributed by atoms with Gasteiger partial charge in [-0.25, -0.2) is 8.42 Å². The zero-order valence-corrected chi connectivity index (χ0v) is 19.2. The molecule has 8 heteroatoms. The average molecular weight is 501 g/mol. The fourth-order valence-corrected chi connectivity index (χ4v) is 4.87. The topological polar surface area (TPSA) is 79.6 Å². The SMILES string of the molecule is CS(=O)(=O)N(CCCC(=O)Nc1ccc2c(c1)oc1ccccc12)c1cccc(Br)c1. The smallest absolute Gasteiger partial charge is 0.232 e. The first-order valence-electron chi connectivity index (χ1n) is 9.76. The number of halogens is 1. The summed E-state index contributed by atoms with van der Waals surface area (Å²) in [4.78, 5) is 12.4. The number of hydrogen-bond acceptors (Lipinski definition) is 4. The van der Waals surface area contributed by atoms with Crippen molar-refractivity contribution < 1.29 is 17.6 Å². The Labute approximate surface area is 189 Å². The van der Waals surface area contributed by atoms with E-state index in [-0.39, 0.29) is 18.9 Å². The predicted molar refractivity (Wildman–Crippen MR) is 128 cm³/mol.